The van der Waals surface area contributed by atoms with E-state index in [1.165, 1.54) is 10.5 Å². The third-order valence-electron chi connectivity index (χ3n) is 4.16. The number of thioether (sulfide) groups is 1. The summed E-state index contributed by atoms with van der Waals surface area (Å²) < 4.78 is 0. The lowest BCUT2D eigenvalue weighted by Gasteiger charge is -2.21. The van der Waals surface area contributed by atoms with Gasteiger partial charge in [0.2, 0.25) is 5.91 Å². The number of aliphatic imine (C=N–C) groups is 1. The van der Waals surface area contributed by atoms with E-state index in [1.807, 2.05) is 48.2 Å². The first kappa shape index (κ1) is 25.3. The molecule has 0 saturated carbocycles. The van der Waals surface area contributed by atoms with Gasteiger partial charge in [-0.3, -0.25) is 4.79 Å². The monoisotopic (exact) mass is 526 g/mol. The van der Waals surface area contributed by atoms with Gasteiger partial charge in [-0.15, -0.1) is 35.7 Å². The van der Waals surface area contributed by atoms with Gasteiger partial charge in [-0.2, -0.15) is 0 Å². The zero-order chi connectivity index (χ0) is 20.4. The van der Waals surface area contributed by atoms with Gasteiger partial charge in [-0.1, -0.05) is 55.5 Å². The van der Waals surface area contributed by atoms with Crippen LogP contribution in [0.3, 0.4) is 0 Å². The van der Waals surface area contributed by atoms with Crippen LogP contribution in [-0.4, -0.2) is 49.2 Å². The third-order valence-corrected chi connectivity index (χ3v) is 5.27. The second-order valence-corrected chi connectivity index (χ2v) is 8.36. The number of hydrogen-bond acceptors (Lipinski definition) is 3. The molecule has 29 heavy (non-hydrogen) atoms. The van der Waals surface area contributed by atoms with Gasteiger partial charge in [0.25, 0.3) is 0 Å². The van der Waals surface area contributed by atoms with Crippen LogP contribution in [0.2, 0.25) is 0 Å². The number of guanidine groups is 1. The van der Waals surface area contributed by atoms with Gasteiger partial charge in [0.1, 0.15) is 6.54 Å². The summed E-state index contributed by atoms with van der Waals surface area (Å²) in [5.74, 6) is 0.618. The Bertz CT molecular complexity index is 756. The fourth-order valence-electron chi connectivity index (χ4n) is 2.48. The van der Waals surface area contributed by atoms with Crippen LogP contribution in [0, 0.1) is 0 Å². The lowest BCUT2D eigenvalue weighted by atomic mass is 10.1. The molecule has 158 valence electrons. The van der Waals surface area contributed by atoms with Crippen molar-refractivity contribution < 1.29 is 4.79 Å². The first-order valence-electron chi connectivity index (χ1n) is 9.47. The molecule has 0 fully saturated rings. The first-order valence-corrected chi connectivity index (χ1v) is 10.4. The summed E-state index contributed by atoms with van der Waals surface area (Å²) >= 11 is 1.81. The first-order chi connectivity index (χ1) is 13.5. The maximum absolute atomic E-state index is 11.9. The van der Waals surface area contributed by atoms with E-state index in [2.05, 4.69) is 53.7 Å². The van der Waals surface area contributed by atoms with Gasteiger partial charge in [-0.25, -0.2) is 4.99 Å². The highest BCUT2D eigenvalue weighted by Crippen LogP contribution is 2.22. The van der Waals surface area contributed by atoms with E-state index >= 15 is 0 Å². The van der Waals surface area contributed by atoms with Crippen LogP contribution in [0.4, 0.5) is 0 Å². The second-order valence-electron chi connectivity index (χ2n) is 6.85. The molecule has 2 unspecified atom stereocenters. The Hall–Kier alpha value is -1.74. The minimum atomic E-state index is -0.0276. The van der Waals surface area contributed by atoms with Crippen LogP contribution < -0.4 is 10.6 Å². The van der Waals surface area contributed by atoms with Gasteiger partial charge in [-0.05, 0) is 24.6 Å². The molecule has 0 radical (unpaired) electrons. The van der Waals surface area contributed by atoms with E-state index < -0.39 is 0 Å². The molecule has 2 aromatic carbocycles. The number of carbonyl (C=O) groups is 1. The zero-order valence-corrected chi connectivity index (χ0v) is 20.6. The molecule has 0 bridgehead atoms. The molecule has 0 aliphatic rings. The van der Waals surface area contributed by atoms with Crippen LogP contribution in [0.1, 0.15) is 25.5 Å². The summed E-state index contributed by atoms with van der Waals surface area (Å²) in [6, 6.07) is 20.6. The van der Waals surface area contributed by atoms with Crippen molar-refractivity contribution in [2.75, 3.05) is 27.2 Å². The molecule has 0 aromatic heterocycles. The molecule has 2 rings (SSSR count). The van der Waals surface area contributed by atoms with Crippen LogP contribution in [0.5, 0.6) is 0 Å². The Kier molecular flexibility index (Phi) is 11.8. The normalized spacial score (nSPS) is 13.0. The van der Waals surface area contributed by atoms with Gasteiger partial charge in [0, 0.05) is 30.8 Å². The van der Waals surface area contributed by atoms with Crippen molar-refractivity contribution in [3.05, 3.63) is 66.2 Å². The summed E-state index contributed by atoms with van der Waals surface area (Å²) in [4.78, 5) is 19.2. The molecule has 5 nitrogen and oxygen atoms in total. The van der Waals surface area contributed by atoms with Crippen molar-refractivity contribution in [1.29, 1.82) is 0 Å². The highest BCUT2D eigenvalue weighted by atomic mass is 127. The van der Waals surface area contributed by atoms with E-state index in [0.29, 0.717) is 11.2 Å². The van der Waals surface area contributed by atoms with Crippen molar-refractivity contribution >= 4 is 47.6 Å². The zero-order valence-electron chi connectivity index (χ0n) is 17.5. The second kappa shape index (κ2) is 13.5. The molecular weight excluding hydrogens is 495 g/mol. The standard InChI is InChI=1S/C22H30N4OS.HI/c1-17(28-20-13-9-6-10-14-20)15-23-22(24-16-21(27)26(3)4)25-18(2)19-11-7-5-8-12-19;/h5-14,17-18H,15-16H2,1-4H3,(H2,23,24,25);1H. The molecule has 1 amide bonds. The van der Waals surface area contributed by atoms with Crippen LogP contribution >= 0.6 is 35.7 Å². The Morgan fingerprint density at radius 1 is 1.03 bits per heavy atom. The Morgan fingerprint density at radius 2 is 1.62 bits per heavy atom. The molecule has 0 saturated heterocycles. The Labute approximate surface area is 195 Å². The number of nitrogens with one attached hydrogen (secondary N) is 2. The van der Waals surface area contributed by atoms with E-state index in [-0.39, 0.29) is 42.5 Å². The SMILES string of the molecule is CC(CNC(=NCC(=O)N(C)C)NC(C)c1ccccc1)Sc1ccccc1.I. The molecule has 2 atom stereocenters. The molecule has 0 spiro atoms. The maximum Gasteiger partial charge on any atom is 0.243 e. The predicted octanol–water partition coefficient (Wildman–Crippen LogP) is 4.17. The third kappa shape index (κ3) is 9.54. The highest BCUT2D eigenvalue weighted by Gasteiger charge is 2.11. The summed E-state index contributed by atoms with van der Waals surface area (Å²) in [7, 11) is 3.48. The van der Waals surface area contributed by atoms with E-state index in [4.69, 9.17) is 0 Å². The van der Waals surface area contributed by atoms with Gasteiger partial charge >= 0.3 is 0 Å². The number of nitrogens with zero attached hydrogens (tertiary/aromatic N) is 2. The van der Waals surface area contributed by atoms with Crippen LogP contribution in [0.25, 0.3) is 0 Å². The number of rotatable bonds is 8. The number of amides is 1. The minimum absolute atomic E-state index is 0. The van der Waals surface area contributed by atoms with Crippen molar-refractivity contribution in [2.45, 2.75) is 30.0 Å². The lowest BCUT2D eigenvalue weighted by Crippen LogP contribution is -2.42. The number of benzene rings is 2. The molecule has 7 heteroatoms. The number of halogens is 1. The van der Waals surface area contributed by atoms with Crippen LogP contribution in [-0.2, 0) is 4.79 Å². The van der Waals surface area contributed by atoms with Crippen molar-refractivity contribution in [3.8, 4) is 0 Å². The molecule has 2 aromatic rings. The molecule has 2 N–H and O–H groups in total. The van der Waals surface area contributed by atoms with Crippen molar-refractivity contribution in [2.24, 2.45) is 4.99 Å². The summed E-state index contributed by atoms with van der Waals surface area (Å²) in [5.41, 5.74) is 1.17. The average Bonchev–Trinajstić information content (AvgIpc) is 2.71. The van der Waals surface area contributed by atoms with Gasteiger partial charge in [0.15, 0.2) is 5.96 Å². The summed E-state index contributed by atoms with van der Waals surface area (Å²) in [5, 5.41) is 7.14. The predicted molar refractivity (Wildman–Crippen MR) is 134 cm³/mol. The fraction of sp³-hybridized carbons (Fsp3) is 0.364. The summed E-state index contributed by atoms with van der Waals surface area (Å²) in [6.45, 7) is 5.11. The number of hydrogen-bond donors (Lipinski definition) is 2. The number of carbonyl (C=O) groups excluding carboxylic acids is 1. The smallest absolute Gasteiger partial charge is 0.243 e. The van der Waals surface area contributed by atoms with Crippen molar-refractivity contribution in [3.63, 3.8) is 0 Å². The van der Waals surface area contributed by atoms with E-state index in [9.17, 15) is 4.79 Å². The molecule has 0 aliphatic carbocycles. The van der Waals surface area contributed by atoms with E-state index in [1.54, 1.807) is 19.0 Å². The van der Waals surface area contributed by atoms with Crippen molar-refractivity contribution in [1.82, 2.24) is 15.5 Å². The number of likely N-dealkylation sites (N-methyl/N-ethyl adjacent to an activating group) is 1. The fourth-order valence-corrected chi connectivity index (χ4v) is 3.43. The van der Waals surface area contributed by atoms with Gasteiger partial charge in [0.05, 0.1) is 6.04 Å². The minimum Gasteiger partial charge on any atom is -0.355 e. The van der Waals surface area contributed by atoms with E-state index in [0.717, 1.165) is 6.54 Å². The topological polar surface area (TPSA) is 56.7 Å². The van der Waals surface area contributed by atoms with Gasteiger partial charge < -0.3 is 15.5 Å². The molecular formula is C22H31IN4OS. The molecule has 0 heterocycles. The molecule has 0 aliphatic heterocycles. The largest absolute Gasteiger partial charge is 0.355 e. The lowest BCUT2D eigenvalue weighted by molar-refractivity contribution is -0.127. The Morgan fingerprint density at radius 3 is 2.21 bits per heavy atom. The quantitative estimate of drug-likeness (QED) is 0.235. The Balaban J connectivity index is 0.00000420. The summed E-state index contributed by atoms with van der Waals surface area (Å²) in [6.07, 6.45) is 0. The average molecular weight is 526 g/mol. The van der Waals surface area contributed by atoms with Crippen LogP contribution in [0.15, 0.2) is 70.6 Å². The highest BCUT2D eigenvalue weighted by molar-refractivity contribution is 14.0. The maximum atomic E-state index is 11.9.